The maximum Gasteiger partial charge on any atom is 0.303 e. The van der Waals surface area contributed by atoms with E-state index >= 15 is 0 Å². The van der Waals surface area contributed by atoms with Gasteiger partial charge >= 0.3 is 5.97 Å². The SMILES string of the molecule is COc1c2c(c(O)c3c4c(c(C)cc13)C1O[C@]3(C(OC)OC)O[C@@H]1C(OC1CC(O)C(O)(C(C)=O)C(C)O1)(O4)C31CO1)C(=O)C(O)CC2OC1CC(C)(O)C(OC(C)=O)C(C)O1. The number of carbonyl (C=O) groups excluding carboxylic acids is 3. The van der Waals surface area contributed by atoms with Gasteiger partial charge in [-0.15, -0.1) is 0 Å². The lowest BCUT2D eigenvalue weighted by Crippen LogP contribution is -2.72. The summed E-state index contributed by atoms with van der Waals surface area (Å²) in [5.74, 6) is -6.52. The van der Waals surface area contributed by atoms with Crippen LogP contribution in [0.3, 0.4) is 0 Å². The molecule has 7 aliphatic rings. The van der Waals surface area contributed by atoms with E-state index in [1.165, 1.54) is 42.1 Å². The van der Waals surface area contributed by atoms with Gasteiger partial charge < -0.3 is 82.4 Å². The Morgan fingerprint density at radius 3 is 2.26 bits per heavy atom. The molecule has 5 N–H and O–H groups in total. The fraction of sp³-hybridized carbons (Fsp3) is 0.690. The second-order valence-electron chi connectivity index (χ2n) is 17.5. The van der Waals surface area contributed by atoms with E-state index in [2.05, 4.69) is 0 Å². The van der Waals surface area contributed by atoms with Crippen molar-refractivity contribution >= 4 is 28.3 Å². The number of ketones is 2. The highest BCUT2D eigenvalue weighted by Crippen LogP contribution is 2.72. The van der Waals surface area contributed by atoms with E-state index < -0.39 is 126 Å². The Morgan fingerprint density at radius 1 is 0.984 bits per heavy atom. The number of ether oxygens (including phenoxy) is 12. The number of phenols is 1. The van der Waals surface area contributed by atoms with Crippen molar-refractivity contribution < 1.29 is 96.8 Å². The third-order valence-corrected chi connectivity index (χ3v) is 13.7. The number of carbonyl (C=O) groups is 3. The fourth-order valence-corrected chi connectivity index (χ4v) is 10.8. The van der Waals surface area contributed by atoms with Crippen molar-refractivity contribution in [1.82, 2.24) is 0 Å². The molecule has 6 aliphatic heterocycles. The van der Waals surface area contributed by atoms with Crippen LogP contribution in [0.2, 0.25) is 0 Å². The third kappa shape index (κ3) is 5.69. The predicted octanol–water partition coefficient (Wildman–Crippen LogP) is 1.16. The Balaban J connectivity index is 1.18. The molecule has 5 saturated heterocycles. The van der Waals surface area contributed by atoms with Crippen molar-refractivity contribution in [2.75, 3.05) is 27.9 Å². The molecule has 340 valence electrons. The van der Waals surface area contributed by atoms with Crippen LogP contribution in [0, 0.1) is 6.92 Å². The summed E-state index contributed by atoms with van der Waals surface area (Å²) in [6, 6.07) is 1.71. The molecule has 13 unspecified atom stereocenters. The number of aliphatic hydroxyl groups is 4. The smallest absolute Gasteiger partial charge is 0.303 e. The monoisotopic (exact) mass is 876 g/mol. The minimum Gasteiger partial charge on any atom is -0.506 e. The zero-order valence-electron chi connectivity index (χ0n) is 35.6. The third-order valence-electron chi connectivity index (χ3n) is 13.7. The highest BCUT2D eigenvalue weighted by atomic mass is 16.9. The number of methoxy groups -OCH3 is 3. The molecule has 5 fully saturated rings. The maximum absolute atomic E-state index is 14.1. The minimum absolute atomic E-state index is 0.0211. The molecular formula is C42H52O20. The van der Waals surface area contributed by atoms with Gasteiger partial charge in [-0.3, -0.25) is 14.4 Å². The standard InChI is InChI=1S/C42H52O20/c1-15-10-20-27(31(48)29-28(32(20)51-7)22(11-21(45)30(29)47)58-25-13-38(6,49)35(16(2)55-25)57-19(5)44)33-26(15)34-36-41(60-33,39(14-54-39)42(61-34,62-36)37(52-8)53-9)59-24-12-23(46)40(50,17(3)43)18(4)56-24/h10,16,18,21-25,34-37,45-46,48-50H,11-14H2,1-9H3/t16?,18?,21?,22?,23?,24?,25?,34?,35?,36-,38?,39?,40?,41?,42+/m0/s1. The van der Waals surface area contributed by atoms with Gasteiger partial charge in [0.1, 0.15) is 35.1 Å². The molecule has 0 saturated carbocycles. The zero-order valence-corrected chi connectivity index (χ0v) is 35.6. The minimum atomic E-state index is -2.24. The lowest BCUT2D eigenvalue weighted by molar-refractivity contribution is -0.385. The topological polar surface area (TPSA) is 266 Å². The molecule has 20 heteroatoms. The van der Waals surface area contributed by atoms with Crippen molar-refractivity contribution in [3.8, 4) is 17.2 Å². The number of aromatic hydroxyl groups is 1. The number of aryl methyl sites for hydroxylation is 1. The van der Waals surface area contributed by atoms with E-state index in [9.17, 15) is 39.9 Å². The van der Waals surface area contributed by atoms with Crippen molar-refractivity contribution in [3.05, 3.63) is 28.3 Å². The largest absolute Gasteiger partial charge is 0.506 e. The van der Waals surface area contributed by atoms with Crippen molar-refractivity contribution in [3.63, 3.8) is 0 Å². The molecule has 1 spiro atoms. The number of hydrogen-bond acceptors (Lipinski definition) is 20. The number of hydrogen-bond donors (Lipinski definition) is 5. The first-order valence-corrected chi connectivity index (χ1v) is 20.5. The number of fused-ring (bicyclic) bond motifs is 8. The molecular weight excluding hydrogens is 824 g/mol. The second-order valence-corrected chi connectivity index (χ2v) is 17.5. The summed E-state index contributed by atoms with van der Waals surface area (Å²) in [6.07, 6.45) is -14.2. The summed E-state index contributed by atoms with van der Waals surface area (Å²) in [7, 11) is 4.14. The molecule has 0 aromatic heterocycles. The Labute approximate surface area is 355 Å². The average Bonchev–Trinajstić information content (AvgIpc) is 3.86. The first-order valence-electron chi connectivity index (χ1n) is 20.5. The number of rotatable bonds is 10. The number of benzene rings is 2. The Morgan fingerprint density at radius 2 is 1.68 bits per heavy atom. The van der Waals surface area contributed by atoms with E-state index in [0.717, 1.165) is 6.92 Å². The summed E-state index contributed by atoms with van der Waals surface area (Å²) in [5, 5.41) is 57.6. The first kappa shape index (κ1) is 43.6. The van der Waals surface area contributed by atoms with Crippen LogP contribution < -0.4 is 9.47 Å². The molecule has 20 nitrogen and oxygen atoms in total. The number of aliphatic hydroxyl groups excluding tert-OH is 2. The highest BCUT2D eigenvalue weighted by molar-refractivity contribution is 6.13. The van der Waals surface area contributed by atoms with Gasteiger partial charge in [-0.05, 0) is 46.2 Å². The summed E-state index contributed by atoms with van der Waals surface area (Å²) >= 11 is 0. The van der Waals surface area contributed by atoms with Crippen LogP contribution in [0.15, 0.2) is 6.07 Å². The Bertz CT molecular complexity index is 2200. The predicted molar refractivity (Wildman–Crippen MR) is 204 cm³/mol. The fourth-order valence-electron chi connectivity index (χ4n) is 10.8. The van der Waals surface area contributed by atoms with Crippen LogP contribution in [0.25, 0.3) is 10.8 Å². The van der Waals surface area contributed by atoms with Crippen LogP contribution in [-0.4, -0.2) is 155 Å². The van der Waals surface area contributed by atoms with Gasteiger partial charge in [0.05, 0.1) is 49.1 Å². The van der Waals surface area contributed by atoms with Crippen molar-refractivity contribution in [2.24, 2.45) is 0 Å². The first-order chi connectivity index (χ1) is 29.2. The average molecular weight is 877 g/mol. The van der Waals surface area contributed by atoms with Gasteiger partial charge in [0, 0.05) is 56.9 Å². The zero-order chi connectivity index (χ0) is 44.8. The van der Waals surface area contributed by atoms with Gasteiger partial charge in [0.15, 0.2) is 42.0 Å². The molecule has 15 atom stereocenters. The van der Waals surface area contributed by atoms with Crippen LogP contribution in [0.1, 0.15) is 93.1 Å². The van der Waals surface area contributed by atoms with Crippen molar-refractivity contribution in [1.29, 1.82) is 0 Å². The second kappa shape index (κ2) is 14.4. The summed E-state index contributed by atoms with van der Waals surface area (Å²) < 4.78 is 74.9. The van der Waals surface area contributed by atoms with Crippen LogP contribution in [-0.2, 0) is 57.0 Å². The van der Waals surface area contributed by atoms with E-state index in [1.54, 1.807) is 19.9 Å². The number of esters is 1. The van der Waals surface area contributed by atoms with Crippen LogP contribution in [0.5, 0.6) is 17.2 Å². The molecule has 62 heavy (non-hydrogen) atoms. The summed E-state index contributed by atoms with van der Waals surface area (Å²) in [6.45, 7) is 8.56. The molecule has 9 rings (SSSR count). The van der Waals surface area contributed by atoms with Crippen LogP contribution in [0.4, 0.5) is 0 Å². The summed E-state index contributed by atoms with van der Waals surface area (Å²) in [5.41, 5.74) is -4.74. The lowest BCUT2D eigenvalue weighted by atomic mass is 9.77. The molecule has 2 aromatic carbocycles. The maximum atomic E-state index is 14.1. The van der Waals surface area contributed by atoms with E-state index in [4.69, 9.17) is 56.8 Å². The Kier molecular flexibility index (Phi) is 10.2. The lowest BCUT2D eigenvalue weighted by Gasteiger charge is -2.52. The molecule has 1 aliphatic carbocycles. The van der Waals surface area contributed by atoms with Gasteiger partial charge in [0.25, 0.3) is 11.6 Å². The summed E-state index contributed by atoms with van der Waals surface area (Å²) in [4.78, 5) is 38.4. The van der Waals surface area contributed by atoms with E-state index in [1.807, 2.05) is 0 Å². The normalized spacial score (nSPS) is 42.8. The van der Waals surface area contributed by atoms with Crippen molar-refractivity contribution in [2.45, 2.75) is 157 Å². The molecule has 2 bridgehead atoms. The molecule has 6 heterocycles. The van der Waals surface area contributed by atoms with Crippen LogP contribution >= 0.6 is 0 Å². The van der Waals surface area contributed by atoms with Gasteiger partial charge in [-0.25, -0.2) is 0 Å². The van der Waals surface area contributed by atoms with Gasteiger partial charge in [0.2, 0.25) is 11.9 Å². The number of epoxide rings is 1. The molecule has 0 amide bonds. The number of Topliss-reactive ketones (excluding diaryl/α,β-unsaturated/α-hetero) is 2. The molecule has 2 aromatic rings. The van der Waals surface area contributed by atoms with E-state index in [-0.39, 0.29) is 52.8 Å². The van der Waals surface area contributed by atoms with Gasteiger partial charge in [-0.1, -0.05) is 0 Å². The number of phenolic OH excluding ortho intramolecular Hbond substituents is 1. The quantitative estimate of drug-likeness (QED) is 0.127. The highest BCUT2D eigenvalue weighted by Gasteiger charge is 2.94. The Hall–Kier alpha value is -3.61. The van der Waals surface area contributed by atoms with Gasteiger partial charge in [-0.2, -0.15) is 0 Å². The van der Waals surface area contributed by atoms with E-state index in [0.29, 0.717) is 11.1 Å². The molecule has 0 radical (unpaired) electrons.